The van der Waals surface area contributed by atoms with Crippen LogP contribution in [-0.2, 0) is 20.0 Å². The van der Waals surface area contributed by atoms with Gasteiger partial charge in [0.15, 0.2) is 0 Å². The fourth-order valence-electron chi connectivity index (χ4n) is 3.67. The van der Waals surface area contributed by atoms with E-state index in [4.69, 9.17) is 4.74 Å². The molecule has 0 aliphatic carbocycles. The largest absolute Gasteiger partial charge is 0.497 e. The lowest BCUT2D eigenvalue weighted by Crippen LogP contribution is -2.27. The van der Waals surface area contributed by atoms with Crippen molar-refractivity contribution in [3.05, 3.63) is 90.0 Å². The minimum absolute atomic E-state index is 0.0547. The Kier molecular flexibility index (Phi) is 6.63. The highest BCUT2D eigenvalue weighted by atomic mass is 32.2. The summed E-state index contributed by atoms with van der Waals surface area (Å²) in [6.07, 6.45) is 0.322. The molecule has 8 nitrogen and oxygen atoms in total. The lowest BCUT2D eigenvalue weighted by Gasteiger charge is -2.23. The van der Waals surface area contributed by atoms with Crippen molar-refractivity contribution in [2.75, 3.05) is 17.6 Å². The molecule has 0 radical (unpaired) electrons. The number of anilines is 1. The average Bonchev–Trinajstić information content (AvgIpc) is 3.31. The molecule has 0 unspecified atom stereocenters. The average molecular weight is 500 g/mol. The molecule has 0 saturated carbocycles. The SMILES string of the molecule is CCS(=O)(=O)Nc1cccc(C2=NN(S(=O)(=O)c3ccccc3)[C@H](c3ccc(OC)cc3)C2)c1. The first-order valence-corrected chi connectivity index (χ1v) is 13.7. The minimum atomic E-state index is -3.93. The zero-order valence-corrected chi connectivity index (χ0v) is 20.4. The molecule has 178 valence electrons. The fraction of sp³-hybridized carbons (Fsp3) is 0.208. The summed E-state index contributed by atoms with van der Waals surface area (Å²) in [7, 11) is -5.82. The van der Waals surface area contributed by atoms with Gasteiger partial charge < -0.3 is 4.74 Å². The molecule has 3 aromatic rings. The second kappa shape index (κ2) is 9.47. The Hall–Kier alpha value is -3.37. The lowest BCUT2D eigenvalue weighted by atomic mass is 9.99. The van der Waals surface area contributed by atoms with Crippen molar-refractivity contribution in [2.24, 2.45) is 5.10 Å². The van der Waals surface area contributed by atoms with Crippen LogP contribution in [0.25, 0.3) is 0 Å². The van der Waals surface area contributed by atoms with Gasteiger partial charge in [-0.1, -0.05) is 42.5 Å². The van der Waals surface area contributed by atoms with Gasteiger partial charge in [-0.05, 0) is 54.4 Å². The van der Waals surface area contributed by atoms with Crippen LogP contribution in [-0.4, -0.2) is 39.8 Å². The Morgan fingerprint density at radius 1 is 0.971 bits per heavy atom. The molecule has 1 heterocycles. The Bertz CT molecular complexity index is 1400. The molecule has 3 aromatic carbocycles. The van der Waals surface area contributed by atoms with Gasteiger partial charge in [-0.15, -0.1) is 0 Å². The maximum Gasteiger partial charge on any atom is 0.279 e. The second-order valence-corrected chi connectivity index (χ2v) is 11.5. The highest BCUT2D eigenvalue weighted by Gasteiger charge is 2.37. The summed E-state index contributed by atoms with van der Waals surface area (Å²) in [5.41, 5.74) is 2.34. The number of hydrogen-bond acceptors (Lipinski definition) is 6. The van der Waals surface area contributed by atoms with Gasteiger partial charge in [0.05, 0.1) is 29.5 Å². The molecule has 1 aliphatic heterocycles. The number of hydrazone groups is 1. The van der Waals surface area contributed by atoms with E-state index in [0.29, 0.717) is 29.1 Å². The molecule has 1 aliphatic rings. The first kappa shape index (κ1) is 23.8. The molecule has 10 heteroatoms. The van der Waals surface area contributed by atoms with Crippen molar-refractivity contribution in [1.82, 2.24) is 4.41 Å². The van der Waals surface area contributed by atoms with E-state index in [0.717, 1.165) is 9.98 Å². The third-order valence-electron chi connectivity index (χ3n) is 5.51. The summed E-state index contributed by atoms with van der Waals surface area (Å²) in [5.74, 6) is 0.608. The van der Waals surface area contributed by atoms with Crippen LogP contribution >= 0.6 is 0 Å². The smallest absolute Gasteiger partial charge is 0.279 e. The molecule has 0 aromatic heterocycles. The number of methoxy groups -OCH3 is 1. The molecule has 34 heavy (non-hydrogen) atoms. The normalized spacial score (nSPS) is 16.2. The first-order valence-electron chi connectivity index (χ1n) is 10.7. The number of rotatable bonds is 8. The molecule has 1 atom stereocenters. The highest BCUT2D eigenvalue weighted by molar-refractivity contribution is 7.92. The summed E-state index contributed by atoms with van der Waals surface area (Å²) in [5, 5.41) is 4.52. The van der Waals surface area contributed by atoms with Crippen molar-refractivity contribution in [3.63, 3.8) is 0 Å². The van der Waals surface area contributed by atoms with Gasteiger partial charge in [0.1, 0.15) is 5.75 Å². The predicted octanol–water partition coefficient (Wildman–Crippen LogP) is 4.00. The van der Waals surface area contributed by atoms with E-state index in [2.05, 4.69) is 9.82 Å². The second-order valence-electron chi connectivity index (χ2n) is 7.72. The van der Waals surface area contributed by atoms with Crippen LogP contribution in [0.1, 0.15) is 30.5 Å². The summed E-state index contributed by atoms with van der Waals surface area (Å²) in [6, 6.07) is 21.6. The maximum atomic E-state index is 13.5. The minimum Gasteiger partial charge on any atom is -0.497 e. The van der Waals surface area contributed by atoms with Crippen LogP contribution in [0.15, 0.2) is 88.9 Å². The van der Waals surface area contributed by atoms with E-state index in [9.17, 15) is 16.8 Å². The van der Waals surface area contributed by atoms with Crippen LogP contribution < -0.4 is 9.46 Å². The molecule has 0 bridgehead atoms. The van der Waals surface area contributed by atoms with Gasteiger partial charge in [-0.3, -0.25) is 4.72 Å². The van der Waals surface area contributed by atoms with Gasteiger partial charge >= 0.3 is 0 Å². The van der Waals surface area contributed by atoms with Gasteiger partial charge in [0.25, 0.3) is 10.0 Å². The van der Waals surface area contributed by atoms with Gasteiger partial charge in [-0.2, -0.15) is 17.9 Å². The molecule has 0 fully saturated rings. The molecular weight excluding hydrogens is 474 g/mol. The van der Waals surface area contributed by atoms with Crippen molar-refractivity contribution in [3.8, 4) is 5.75 Å². The summed E-state index contributed by atoms with van der Waals surface area (Å²) in [6.45, 7) is 1.55. The molecule has 0 spiro atoms. The van der Waals surface area contributed by atoms with Crippen molar-refractivity contribution >= 4 is 31.4 Å². The number of benzene rings is 3. The zero-order valence-electron chi connectivity index (χ0n) is 18.7. The van der Waals surface area contributed by atoms with Crippen LogP contribution in [0.4, 0.5) is 5.69 Å². The summed E-state index contributed by atoms with van der Waals surface area (Å²) in [4.78, 5) is 0.142. The van der Waals surface area contributed by atoms with Gasteiger partial charge in [0, 0.05) is 12.1 Å². The Morgan fingerprint density at radius 2 is 1.68 bits per heavy atom. The van der Waals surface area contributed by atoms with Crippen molar-refractivity contribution < 1.29 is 21.6 Å². The molecule has 4 rings (SSSR count). The van der Waals surface area contributed by atoms with E-state index in [1.807, 2.05) is 12.1 Å². The standard InChI is InChI=1S/C24H25N3O5S2/c1-3-33(28,29)26-20-9-7-8-19(16-20)23-17-24(18-12-14-21(32-2)15-13-18)27(25-23)34(30,31)22-10-5-4-6-11-22/h4-16,24,26H,3,17H2,1-2H3/t24-/m0/s1. The quantitative estimate of drug-likeness (QED) is 0.504. The van der Waals surface area contributed by atoms with Crippen LogP contribution in [0.3, 0.4) is 0 Å². The Morgan fingerprint density at radius 3 is 2.32 bits per heavy atom. The van der Waals surface area contributed by atoms with E-state index >= 15 is 0 Å². The molecule has 0 saturated heterocycles. The number of nitrogens with one attached hydrogen (secondary N) is 1. The fourth-order valence-corrected chi connectivity index (χ4v) is 5.76. The van der Waals surface area contributed by atoms with E-state index in [-0.39, 0.29) is 10.6 Å². The van der Waals surface area contributed by atoms with E-state index < -0.39 is 26.1 Å². The van der Waals surface area contributed by atoms with Crippen LogP contribution in [0.5, 0.6) is 5.75 Å². The highest BCUT2D eigenvalue weighted by Crippen LogP contribution is 2.38. The van der Waals surface area contributed by atoms with E-state index in [1.54, 1.807) is 68.6 Å². The maximum absolute atomic E-state index is 13.5. The summed E-state index contributed by atoms with van der Waals surface area (Å²) >= 11 is 0. The molecule has 1 N–H and O–H groups in total. The van der Waals surface area contributed by atoms with Gasteiger partial charge in [-0.25, -0.2) is 8.42 Å². The van der Waals surface area contributed by atoms with Crippen LogP contribution in [0, 0.1) is 0 Å². The first-order chi connectivity index (χ1) is 16.2. The number of ether oxygens (including phenoxy) is 1. The van der Waals surface area contributed by atoms with Gasteiger partial charge in [0.2, 0.25) is 10.0 Å². The van der Waals surface area contributed by atoms with Crippen molar-refractivity contribution in [1.29, 1.82) is 0 Å². The summed E-state index contributed by atoms with van der Waals surface area (Å²) < 4.78 is 59.9. The predicted molar refractivity (Wildman–Crippen MR) is 132 cm³/mol. The Balaban J connectivity index is 1.75. The third-order valence-corrected chi connectivity index (χ3v) is 8.51. The number of nitrogens with zero attached hydrogens (tertiary/aromatic N) is 2. The Labute approximate surface area is 200 Å². The van der Waals surface area contributed by atoms with Crippen LogP contribution in [0.2, 0.25) is 0 Å². The zero-order chi connectivity index (χ0) is 24.3. The number of hydrogen-bond donors (Lipinski definition) is 1. The van der Waals surface area contributed by atoms with E-state index in [1.165, 1.54) is 12.1 Å². The van der Waals surface area contributed by atoms with Crippen molar-refractivity contribution in [2.45, 2.75) is 24.3 Å². The third kappa shape index (κ3) is 4.92. The lowest BCUT2D eigenvalue weighted by molar-refractivity contribution is 0.370. The molecule has 0 amide bonds. The molecular formula is C24H25N3O5S2. The topological polar surface area (TPSA) is 105 Å². The number of sulfonamides is 2. The monoisotopic (exact) mass is 499 g/mol.